The maximum absolute atomic E-state index is 11.4. The molecule has 0 amide bonds. The topological polar surface area (TPSA) is 52.6 Å². The highest BCUT2D eigenvalue weighted by atomic mass is 16.5. The summed E-state index contributed by atoms with van der Waals surface area (Å²) in [7, 11) is 1.29. The first-order valence-corrected chi connectivity index (χ1v) is 5.69. The standard InChI is InChI=1S/C13H20O4/c1-5-7-9-12(14)17-10(3)11(8-6-2)13(15)16-4/h6,8H,5,7,9H2,1-4H3. The summed E-state index contributed by atoms with van der Waals surface area (Å²) in [5.74, 6) is -0.560. The fourth-order valence-electron chi connectivity index (χ4n) is 1.20. The maximum atomic E-state index is 11.4. The molecule has 0 aromatic rings. The van der Waals surface area contributed by atoms with E-state index in [-0.39, 0.29) is 17.3 Å². The molecule has 0 radical (unpaired) electrons. The Morgan fingerprint density at radius 2 is 1.94 bits per heavy atom. The van der Waals surface area contributed by atoms with Crippen molar-refractivity contribution in [2.75, 3.05) is 7.11 Å². The van der Waals surface area contributed by atoms with E-state index in [9.17, 15) is 9.59 Å². The van der Waals surface area contributed by atoms with E-state index in [1.165, 1.54) is 7.11 Å². The highest BCUT2D eigenvalue weighted by Crippen LogP contribution is 2.11. The highest BCUT2D eigenvalue weighted by molar-refractivity contribution is 5.92. The molecule has 0 aromatic heterocycles. The van der Waals surface area contributed by atoms with Gasteiger partial charge in [-0.3, -0.25) is 4.79 Å². The smallest absolute Gasteiger partial charge is 0.341 e. The van der Waals surface area contributed by atoms with Crippen LogP contribution >= 0.6 is 0 Å². The second-order valence-corrected chi connectivity index (χ2v) is 3.54. The summed E-state index contributed by atoms with van der Waals surface area (Å²) in [5, 5.41) is 0. The summed E-state index contributed by atoms with van der Waals surface area (Å²) in [6.07, 6.45) is 5.32. The van der Waals surface area contributed by atoms with E-state index in [0.29, 0.717) is 6.42 Å². The number of methoxy groups -OCH3 is 1. The van der Waals surface area contributed by atoms with E-state index >= 15 is 0 Å². The van der Waals surface area contributed by atoms with Crippen LogP contribution in [-0.4, -0.2) is 19.0 Å². The van der Waals surface area contributed by atoms with Crippen molar-refractivity contribution in [1.29, 1.82) is 0 Å². The van der Waals surface area contributed by atoms with Gasteiger partial charge >= 0.3 is 11.9 Å². The zero-order valence-corrected chi connectivity index (χ0v) is 10.9. The van der Waals surface area contributed by atoms with Crippen LogP contribution < -0.4 is 0 Å². The number of carbonyl (C=O) groups excluding carboxylic acids is 2. The molecule has 0 bridgehead atoms. The van der Waals surface area contributed by atoms with Gasteiger partial charge in [-0.25, -0.2) is 4.79 Å². The zero-order chi connectivity index (χ0) is 13.3. The van der Waals surface area contributed by atoms with E-state index in [0.717, 1.165) is 12.8 Å². The van der Waals surface area contributed by atoms with Gasteiger partial charge in [-0.15, -0.1) is 0 Å². The third-order valence-electron chi connectivity index (χ3n) is 2.12. The summed E-state index contributed by atoms with van der Waals surface area (Å²) in [4.78, 5) is 22.8. The van der Waals surface area contributed by atoms with Gasteiger partial charge < -0.3 is 9.47 Å². The summed E-state index contributed by atoms with van der Waals surface area (Å²) < 4.78 is 9.69. The molecule has 0 fully saturated rings. The first-order chi connectivity index (χ1) is 8.06. The van der Waals surface area contributed by atoms with Gasteiger partial charge in [0.05, 0.1) is 12.7 Å². The van der Waals surface area contributed by atoms with E-state index < -0.39 is 5.97 Å². The van der Waals surface area contributed by atoms with Gasteiger partial charge in [-0.2, -0.15) is 0 Å². The minimum Gasteiger partial charge on any atom is -0.465 e. The van der Waals surface area contributed by atoms with Crippen LogP contribution in [0.3, 0.4) is 0 Å². The molecule has 0 aliphatic rings. The number of carbonyl (C=O) groups is 2. The van der Waals surface area contributed by atoms with Crippen molar-refractivity contribution < 1.29 is 19.1 Å². The molecule has 0 heterocycles. The first-order valence-electron chi connectivity index (χ1n) is 5.69. The third-order valence-corrected chi connectivity index (χ3v) is 2.12. The summed E-state index contributed by atoms with van der Waals surface area (Å²) in [5.41, 5.74) is 0.264. The molecule has 0 N–H and O–H groups in total. The molecular formula is C13H20O4. The third kappa shape index (κ3) is 5.90. The summed E-state index contributed by atoms with van der Waals surface area (Å²) in [6, 6.07) is 0. The SMILES string of the molecule is CC=CC(C(=O)OC)=C(C)OC(=O)CCCC. The second kappa shape index (κ2) is 8.56. The van der Waals surface area contributed by atoms with Crippen LogP contribution in [0.25, 0.3) is 0 Å². The lowest BCUT2D eigenvalue weighted by molar-refractivity contribution is -0.140. The average molecular weight is 240 g/mol. The Kier molecular flexibility index (Phi) is 7.76. The monoisotopic (exact) mass is 240 g/mol. The molecular weight excluding hydrogens is 220 g/mol. The zero-order valence-electron chi connectivity index (χ0n) is 10.9. The lowest BCUT2D eigenvalue weighted by Gasteiger charge is -2.07. The van der Waals surface area contributed by atoms with E-state index in [1.807, 2.05) is 6.92 Å². The van der Waals surface area contributed by atoms with Gasteiger partial charge in [-0.05, 0) is 26.3 Å². The Balaban J connectivity index is 4.72. The molecule has 17 heavy (non-hydrogen) atoms. The summed E-state index contributed by atoms with van der Waals surface area (Å²) in [6.45, 7) is 5.35. The van der Waals surface area contributed by atoms with Gasteiger partial charge in [0.25, 0.3) is 0 Å². The van der Waals surface area contributed by atoms with E-state index in [2.05, 4.69) is 4.74 Å². The van der Waals surface area contributed by atoms with E-state index in [1.54, 1.807) is 26.0 Å². The number of esters is 2. The van der Waals surface area contributed by atoms with Crippen molar-refractivity contribution in [3.05, 3.63) is 23.5 Å². The van der Waals surface area contributed by atoms with Gasteiger partial charge in [0.1, 0.15) is 5.76 Å². The Morgan fingerprint density at radius 3 is 2.41 bits per heavy atom. The minimum absolute atomic E-state index is 0.264. The molecule has 0 atom stereocenters. The van der Waals surface area contributed by atoms with Gasteiger partial charge in [0.2, 0.25) is 0 Å². The van der Waals surface area contributed by atoms with Crippen LogP contribution in [0, 0.1) is 0 Å². The van der Waals surface area contributed by atoms with Crippen molar-refractivity contribution in [2.24, 2.45) is 0 Å². The van der Waals surface area contributed by atoms with Crippen LogP contribution in [0.2, 0.25) is 0 Å². The van der Waals surface area contributed by atoms with Crippen molar-refractivity contribution in [3.8, 4) is 0 Å². The lowest BCUT2D eigenvalue weighted by atomic mass is 10.2. The van der Waals surface area contributed by atoms with Crippen LogP contribution in [-0.2, 0) is 19.1 Å². The van der Waals surface area contributed by atoms with Gasteiger partial charge in [-0.1, -0.05) is 19.4 Å². The predicted octanol–water partition coefficient (Wildman–Crippen LogP) is 2.74. The summed E-state index contributed by atoms with van der Waals surface area (Å²) >= 11 is 0. The normalized spacial score (nSPS) is 12.2. The molecule has 0 spiro atoms. The maximum Gasteiger partial charge on any atom is 0.341 e. The molecule has 0 unspecified atom stereocenters. The number of hydrogen-bond acceptors (Lipinski definition) is 4. The van der Waals surface area contributed by atoms with Crippen LogP contribution in [0.1, 0.15) is 40.0 Å². The van der Waals surface area contributed by atoms with Crippen molar-refractivity contribution >= 4 is 11.9 Å². The minimum atomic E-state index is -0.510. The number of ether oxygens (including phenoxy) is 2. The Bertz CT molecular complexity index is 326. The number of unbranched alkanes of at least 4 members (excludes halogenated alkanes) is 1. The highest BCUT2D eigenvalue weighted by Gasteiger charge is 2.13. The number of hydrogen-bond donors (Lipinski definition) is 0. The largest absolute Gasteiger partial charge is 0.465 e. The molecule has 0 rings (SSSR count). The molecule has 4 nitrogen and oxygen atoms in total. The number of rotatable bonds is 6. The van der Waals surface area contributed by atoms with Crippen molar-refractivity contribution in [1.82, 2.24) is 0 Å². The molecule has 0 saturated carbocycles. The predicted molar refractivity (Wildman–Crippen MR) is 65.1 cm³/mol. The second-order valence-electron chi connectivity index (χ2n) is 3.54. The molecule has 0 saturated heterocycles. The fraction of sp³-hybridized carbons (Fsp3) is 0.538. The van der Waals surface area contributed by atoms with Crippen LogP contribution in [0.15, 0.2) is 23.5 Å². The first kappa shape index (κ1) is 15.4. The molecule has 0 aliphatic carbocycles. The Hall–Kier alpha value is -1.58. The number of allylic oxidation sites excluding steroid dienone is 2. The van der Waals surface area contributed by atoms with Gasteiger partial charge in [0, 0.05) is 6.42 Å². The van der Waals surface area contributed by atoms with Crippen LogP contribution in [0.4, 0.5) is 0 Å². The molecule has 0 aliphatic heterocycles. The van der Waals surface area contributed by atoms with E-state index in [4.69, 9.17) is 4.74 Å². The Labute approximate surface area is 102 Å². The molecule has 0 aromatic carbocycles. The lowest BCUT2D eigenvalue weighted by Crippen LogP contribution is -2.10. The Morgan fingerprint density at radius 1 is 1.29 bits per heavy atom. The molecule has 4 heteroatoms. The quantitative estimate of drug-likeness (QED) is 0.310. The van der Waals surface area contributed by atoms with Crippen molar-refractivity contribution in [2.45, 2.75) is 40.0 Å². The average Bonchev–Trinajstić information content (AvgIpc) is 2.32. The van der Waals surface area contributed by atoms with Crippen molar-refractivity contribution in [3.63, 3.8) is 0 Å². The van der Waals surface area contributed by atoms with Crippen LogP contribution in [0.5, 0.6) is 0 Å². The molecule has 96 valence electrons. The van der Waals surface area contributed by atoms with Gasteiger partial charge in [0.15, 0.2) is 0 Å². The fourth-order valence-corrected chi connectivity index (χ4v) is 1.20.